The SMILES string of the molecule is Cc1cc(S(=O)(=O)N(C)Cc2ccccc2Br)ccc1Br. The van der Waals surface area contributed by atoms with Crippen LogP contribution in [0.2, 0.25) is 0 Å². The summed E-state index contributed by atoms with van der Waals surface area (Å²) in [6.45, 7) is 2.19. The number of rotatable bonds is 4. The molecule has 0 aliphatic carbocycles. The molecule has 112 valence electrons. The van der Waals surface area contributed by atoms with Crippen molar-refractivity contribution in [3.8, 4) is 0 Å². The highest BCUT2D eigenvalue weighted by atomic mass is 79.9. The lowest BCUT2D eigenvalue weighted by Gasteiger charge is -2.18. The van der Waals surface area contributed by atoms with E-state index in [1.807, 2.05) is 31.2 Å². The van der Waals surface area contributed by atoms with E-state index in [1.54, 1.807) is 25.2 Å². The summed E-state index contributed by atoms with van der Waals surface area (Å²) in [6.07, 6.45) is 0. The highest BCUT2D eigenvalue weighted by Gasteiger charge is 2.21. The van der Waals surface area contributed by atoms with E-state index in [0.717, 1.165) is 20.1 Å². The summed E-state index contributed by atoms with van der Waals surface area (Å²) in [4.78, 5) is 0.303. The second-order valence-electron chi connectivity index (χ2n) is 4.76. The predicted molar refractivity (Wildman–Crippen MR) is 91.7 cm³/mol. The summed E-state index contributed by atoms with van der Waals surface area (Å²) in [7, 11) is -1.91. The van der Waals surface area contributed by atoms with Gasteiger partial charge in [0.25, 0.3) is 0 Å². The fourth-order valence-corrected chi connectivity index (χ4v) is 3.80. The van der Waals surface area contributed by atoms with E-state index in [2.05, 4.69) is 31.9 Å². The molecular formula is C15H15Br2NO2S. The Morgan fingerprint density at radius 1 is 1.05 bits per heavy atom. The molecule has 0 aromatic heterocycles. The van der Waals surface area contributed by atoms with Crippen molar-refractivity contribution in [1.82, 2.24) is 4.31 Å². The van der Waals surface area contributed by atoms with Crippen molar-refractivity contribution in [2.75, 3.05) is 7.05 Å². The first-order valence-corrected chi connectivity index (χ1v) is 9.31. The molecule has 21 heavy (non-hydrogen) atoms. The van der Waals surface area contributed by atoms with Gasteiger partial charge in [0, 0.05) is 22.5 Å². The van der Waals surface area contributed by atoms with Gasteiger partial charge in [0.2, 0.25) is 10.0 Å². The molecule has 0 N–H and O–H groups in total. The van der Waals surface area contributed by atoms with E-state index in [9.17, 15) is 8.42 Å². The smallest absolute Gasteiger partial charge is 0.207 e. The number of hydrogen-bond donors (Lipinski definition) is 0. The van der Waals surface area contributed by atoms with Crippen LogP contribution in [-0.2, 0) is 16.6 Å². The maximum absolute atomic E-state index is 12.6. The molecule has 0 spiro atoms. The van der Waals surface area contributed by atoms with Gasteiger partial charge in [0.15, 0.2) is 0 Å². The van der Waals surface area contributed by atoms with Crippen LogP contribution in [0.1, 0.15) is 11.1 Å². The van der Waals surface area contributed by atoms with E-state index in [4.69, 9.17) is 0 Å². The maximum atomic E-state index is 12.6. The van der Waals surface area contributed by atoms with Crippen molar-refractivity contribution in [3.05, 3.63) is 62.5 Å². The van der Waals surface area contributed by atoms with Crippen molar-refractivity contribution in [3.63, 3.8) is 0 Å². The number of sulfonamides is 1. The largest absolute Gasteiger partial charge is 0.243 e. The highest BCUT2D eigenvalue weighted by molar-refractivity contribution is 9.10. The van der Waals surface area contributed by atoms with Crippen LogP contribution in [0.25, 0.3) is 0 Å². The van der Waals surface area contributed by atoms with Crippen molar-refractivity contribution in [2.45, 2.75) is 18.4 Å². The van der Waals surface area contributed by atoms with Crippen LogP contribution in [-0.4, -0.2) is 19.8 Å². The molecule has 6 heteroatoms. The molecule has 0 aliphatic heterocycles. The zero-order valence-electron chi connectivity index (χ0n) is 11.7. The minimum atomic E-state index is -3.50. The number of aryl methyl sites for hydroxylation is 1. The Morgan fingerprint density at radius 3 is 2.33 bits per heavy atom. The van der Waals surface area contributed by atoms with Gasteiger partial charge in [0.05, 0.1) is 4.90 Å². The van der Waals surface area contributed by atoms with Gasteiger partial charge < -0.3 is 0 Å². The molecule has 0 unspecified atom stereocenters. The molecule has 0 bridgehead atoms. The van der Waals surface area contributed by atoms with Crippen molar-refractivity contribution in [1.29, 1.82) is 0 Å². The lowest BCUT2D eigenvalue weighted by atomic mass is 10.2. The first-order valence-electron chi connectivity index (χ1n) is 6.28. The van der Waals surface area contributed by atoms with E-state index < -0.39 is 10.0 Å². The van der Waals surface area contributed by atoms with Crippen molar-refractivity contribution in [2.24, 2.45) is 0 Å². The number of benzene rings is 2. The summed E-state index contributed by atoms with van der Waals surface area (Å²) in [6, 6.07) is 12.7. The van der Waals surface area contributed by atoms with E-state index >= 15 is 0 Å². The lowest BCUT2D eigenvalue weighted by molar-refractivity contribution is 0.466. The molecule has 0 saturated heterocycles. The van der Waals surface area contributed by atoms with E-state index in [0.29, 0.717) is 11.4 Å². The summed E-state index contributed by atoms with van der Waals surface area (Å²) in [5.74, 6) is 0. The lowest BCUT2D eigenvalue weighted by Crippen LogP contribution is -2.26. The standard InChI is InChI=1S/C15H15Br2NO2S/c1-11-9-13(7-8-14(11)16)21(19,20)18(2)10-12-5-3-4-6-15(12)17/h3-9H,10H2,1-2H3. The minimum absolute atomic E-state index is 0.303. The Balaban J connectivity index is 2.30. The van der Waals surface area contributed by atoms with Crippen LogP contribution in [0.15, 0.2) is 56.3 Å². The van der Waals surface area contributed by atoms with Gasteiger partial charge in [-0.25, -0.2) is 8.42 Å². The molecule has 0 fully saturated rings. The molecule has 0 saturated carbocycles. The zero-order valence-corrected chi connectivity index (χ0v) is 15.7. The summed E-state index contributed by atoms with van der Waals surface area (Å²) in [5.41, 5.74) is 1.82. The van der Waals surface area contributed by atoms with Gasteiger partial charge in [-0.2, -0.15) is 4.31 Å². The van der Waals surface area contributed by atoms with Crippen LogP contribution >= 0.6 is 31.9 Å². The number of nitrogens with zero attached hydrogens (tertiary/aromatic N) is 1. The Labute approximate surface area is 142 Å². The Kier molecular flexibility index (Phi) is 5.24. The molecule has 0 radical (unpaired) electrons. The highest BCUT2D eigenvalue weighted by Crippen LogP contribution is 2.24. The molecule has 2 aromatic rings. The van der Waals surface area contributed by atoms with Crippen LogP contribution in [0.5, 0.6) is 0 Å². The summed E-state index contributed by atoms with van der Waals surface area (Å²) in [5, 5.41) is 0. The molecule has 0 aliphatic rings. The third kappa shape index (κ3) is 3.74. The molecular weight excluding hydrogens is 418 g/mol. The third-order valence-electron chi connectivity index (χ3n) is 3.19. The third-order valence-corrected chi connectivity index (χ3v) is 6.65. The summed E-state index contributed by atoms with van der Waals surface area (Å²) >= 11 is 6.82. The normalized spacial score (nSPS) is 11.9. The number of hydrogen-bond acceptors (Lipinski definition) is 2. The maximum Gasteiger partial charge on any atom is 0.243 e. The Bertz CT molecular complexity index is 760. The Morgan fingerprint density at radius 2 is 1.71 bits per heavy atom. The van der Waals surface area contributed by atoms with Crippen LogP contribution in [0.4, 0.5) is 0 Å². The second-order valence-corrected chi connectivity index (χ2v) is 8.52. The first-order chi connectivity index (χ1) is 9.82. The summed E-state index contributed by atoms with van der Waals surface area (Å²) < 4.78 is 28.4. The fourth-order valence-electron chi connectivity index (χ4n) is 1.91. The van der Waals surface area contributed by atoms with Crippen LogP contribution in [0, 0.1) is 6.92 Å². The average Bonchev–Trinajstić information content (AvgIpc) is 2.44. The van der Waals surface area contributed by atoms with Gasteiger partial charge in [0.1, 0.15) is 0 Å². The molecule has 2 rings (SSSR count). The quantitative estimate of drug-likeness (QED) is 0.720. The molecule has 0 atom stereocenters. The monoisotopic (exact) mass is 431 g/mol. The van der Waals surface area contributed by atoms with E-state index in [-0.39, 0.29) is 0 Å². The van der Waals surface area contributed by atoms with Crippen molar-refractivity contribution < 1.29 is 8.42 Å². The molecule has 3 nitrogen and oxygen atoms in total. The van der Waals surface area contributed by atoms with Gasteiger partial charge in [-0.1, -0.05) is 50.1 Å². The first kappa shape index (κ1) is 16.7. The van der Waals surface area contributed by atoms with Crippen LogP contribution in [0.3, 0.4) is 0 Å². The van der Waals surface area contributed by atoms with Gasteiger partial charge in [-0.3, -0.25) is 0 Å². The minimum Gasteiger partial charge on any atom is -0.207 e. The van der Waals surface area contributed by atoms with Gasteiger partial charge in [-0.05, 0) is 42.3 Å². The Hall–Kier alpha value is -0.690. The second kappa shape index (κ2) is 6.60. The van der Waals surface area contributed by atoms with E-state index in [1.165, 1.54) is 4.31 Å². The predicted octanol–water partition coefficient (Wildman–Crippen LogP) is 4.34. The number of halogens is 2. The molecule has 2 aromatic carbocycles. The zero-order chi connectivity index (χ0) is 15.6. The van der Waals surface area contributed by atoms with Gasteiger partial charge in [-0.15, -0.1) is 0 Å². The fraction of sp³-hybridized carbons (Fsp3) is 0.200. The van der Waals surface area contributed by atoms with Crippen LogP contribution < -0.4 is 0 Å². The van der Waals surface area contributed by atoms with Gasteiger partial charge >= 0.3 is 0 Å². The average molecular weight is 433 g/mol. The topological polar surface area (TPSA) is 37.4 Å². The van der Waals surface area contributed by atoms with Crippen molar-refractivity contribution >= 4 is 41.9 Å². The molecule has 0 amide bonds. The molecule has 0 heterocycles.